The Labute approximate surface area is 117 Å². The van der Waals surface area contributed by atoms with Gasteiger partial charge in [-0.1, -0.05) is 25.9 Å². The molecule has 1 atom stereocenters. The molecule has 7 nitrogen and oxygen atoms in total. The van der Waals surface area contributed by atoms with Crippen molar-refractivity contribution in [3.05, 3.63) is 29.9 Å². The van der Waals surface area contributed by atoms with Crippen LogP contribution in [0.25, 0.3) is 0 Å². The second-order valence-electron chi connectivity index (χ2n) is 5.83. The van der Waals surface area contributed by atoms with Crippen molar-refractivity contribution in [2.45, 2.75) is 39.2 Å². The number of carbonyl (C=O) groups is 1. The van der Waals surface area contributed by atoms with Gasteiger partial charge >= 0.3 is 0 Å². The quantitative estimate of drug-likeness (QED) is 0.920. The highest BCUT2D eigenvalue weighted by atomic mass is 16.5. The predicted octanol–water partition coefficient (Wildman–Crippen LogP) is 1.59. The van der Waals surface area contributed by atoms with E-state index in [4.69, 9.17) is 4.52 Å². The van der Waals surface area contributed by atoms with E-state index in [1.807, 2.05) is 20.8 Å². The minimum Gasteiger partial charge on any atom is -0.340 e. The highest BCUT2D eigenvalue weighted by Gasteiger charge is 2.24. The molecular formula is C13H19N5O2. The number of nitrogens with one attached hydrogen (secondary N) is 1. The molecule has 2 rings (SSSR count). The van der Waals surface area contributed by atoms with E-state index in [0.717, 1.165) is 0 Å². The van der Waals surface area contributed by atoms with Crippen molar-refractivity contribution < 1.29 is 9.32 Å². The molecule has 1 N–H and O–H groups in total. The van der Waals surface area contributed by atoms with Gasteiger partial charge < -0.3 is 14.4 Å². The first-order valence-electron chi connectivity index (χ1n) is 6.40. The number of hydrogen-bond donors (Lipinski definition) is 1. The zero-order chi connectivity index (χ0) is 14.9. The Balaban J connectivity index is 2.07. The molecule has 1 unspecified atom stereocenters. The molecule has 0 saturated heterocycles. The molecule has 2 heterocycles. The number of aryl methyl sites for hydroxylation is 1. The number of aromatic nitrogens is 4. The van der Waals surface area contributed by atoms with Gasteiger partial charge in [0.2, 0.25) is 5.89 Å². The molecule has 0 spiro atoms. The number of amides is 1. The third-order valence-electron chi connectivity index (χ3n) is 2.77. The number of hydrogen-bond acceptors (Lipinski definition) is 5. The summed E-state index contributed by atoms with van der Waals surface area (Å²) >= 11 is 0. The van der Waals surface area contributed by atoms with E-state index in [2.05, 4.69) is 20.4 Å². The van der Waals surface area contributed by atoms with Crippen LogP contribution in [0, 0.1) is 0 Å². The molecule has 0 aromatic carbocycles. The second kappa shape index (κ2) is 5.07. The molecule has 0 bridgehead atoms. The SMILES string of the molecule is CC(NC(=O)c1cn(C)cn1)c1nc(C(C)(C)C)no1. The largest absolute Gasteiger partial charge is 0.340 e. The molecule has 2 aromatic rings. The third kappa shape index (κ3) is 3.04. The molecule has 0 aliphatic heterocycles. The van der Waals surface area contributed by atoms with Gasteiger partial charge in [-0.3, -0.25) is 4.79 Å². The maximum absolute atomic E-state index is 12.0. The van der Waals surface area contributed by atoms with Gasteiger partial charge in [0.05, 0.1) is 6.33 Å². The molecule has 0 fully saturated rings. The van der Waals surface area contributed by atoms with Crippen molar-refractivity contribution in [2.75, 3.05) is 0 Å². The summed E-state index contributed by atoms with van der Waals surface area (Å²) in [6, 6.07) is -0.367. The maximum Gasteiger partial charge on any atom is 0.272 e. The van der Waals surface area contributed by atoms with Crippen LogP contribution in [0.4, 0.5) is 0 Å². The van der Waals surface area contributed by atoms with Crippen molar-refractivity contribution in [3.8, 4) is 0 Å². The Bertz CT molecular complexity index is 608. The summed E-state index contributed by atoms with van der Waals surface area (Å²) in [5.41, 5.74) is 0.168. The summed E-state index contributed by atoms with van der Waals surface area (Å²) in [5.74, 6) is 0.735. The molecule has 7 heteroatoms. The first-order valence-corrected chi connectivity index (χ1v) is 6.40. The number of rotatable bonds is 3. The molecule has 2 aromatic heterocycles. The summed E-state index contributed by atoms with van der Waals surface area (Å²) in [5, 5.41) is 6.72. The van der Waals surface area contributed by atoms with Gasteiger partial charge in [-0.15, -0.1) is 0 Å². The van der Waals surface area contributed by atoms with E-state index in [1.54, 1.807) is 31.1 Å². The second-order valence-corrected chi connectivity index (χ2v) is 5.83. The normalized spacial score (nSPS) is 13.2. The van der Waals surface area contributed by atoms with Gasteiger partial charge in [-0.05, 0) is 6.92 Å². The van der Waals surface area contributed by atoms with Crippen molar-refractivity contribution >= 4 is 5.91 Å². The van der Waals surface area contributed by atoms with E-state index in [9.17, 15) is 4.79 Å². The monoisotopic (exact) mass is 277 g/mol. The topological polar surface area (TPSA) is 85.8 Å². The van der Waals surface area contributed by atoms with Crippen LogP contribution < -0.4 is 5.32 Å². The van der Waals surface area contributed by atoms with Gasteiger partial charge in [-0.2, -0.15) is 4.98 Å². The van der Waals surface area contributed by atoms with Crippen molar-refractivity contribution in [2.24, 2.45) is 7.05 Å². The molecule has 0 aliphatic carbocycles. The molecule has 0 radical (unpaired) electrons. The van der Waals surface area contributed by atoms with Crippen LogP contribution in [-0.4, -0.2) is 25.6 Å². The van der Waals surface area contributed by atoms with Gasteiger partial charge in [0.25, 0.3) is 5.91 Å². The lowest BCUT2D eigenvalue weighted by Gasteiger charge is -2.11. The standard InChI is InChI=1S/C13H19N5O2/c1-8(11-16-12(17-20-11)13(2,3)4)15-10(19)9-6-18(5)7-14-9/h6-8H,1-5H3,(H,15,19). The molecule has 108 valence electrons. The fourth-order valence-electron chi connectivity index (χ4n) is 1.58. The summed E-state index contributed by atoms with van der Waals surface area (Å²) < 4.78 is 6.91. The first kappa shape index (κ1) is 14.2. The third-order valence-corrected chi connectivity index (χ3v) is 2.77. The Morgan fingerprint density at radius 1 is 1.45 bits per heavy atom. The zero-order valence-corrected chi connectivity index (χ0v) is 12.3. The molecule has 0 aliphatic rings. The van der Waals surface area contributed by atoms with Crippen LogP contribution in [-0.2, 0) is 12.5 Å². The molecule has 1 amide bonds. The van der Waals surface area contributed by atoms with E-state index < -0.39 is 0 Å². The lowest BCUT2D eigenvalue weighted by Crippen LogP contribution is -2.27. The summed E-state index contributed by atoms with van der Waals surface area (Å²) in [4.78, 5) is 20.3. The average molecular weight is 277 g/mol. The Hall–Kier alpha value is -2.18. The lowest BCUT2D eigenvalue weighted by molar-refractivity contribution is 0.0928. The molecular weight excluding hydrogens is 258 g/mol. The van der Waals surface area contributed by atoms with Gasteiger partial charge in [0.1, 0.15) is 11.7 Å². The van der Waals surface area contributed by atoms with E-state index in [1.165, 1.54) is 0 Å². The highest BCUT2D eigenvalue weighted by Crippen LogP contribution is 2.20. The maximum atomic E-state index is 12.0. The van der Waals surface area contributed by atoms with Crippen LogP contribution in [0.2, 0.25) is 0 Å². The summed E-state index contributed by atoms with van der Waals surface area (Å²) in [7, 11) is 1.81. The predicted molar refractivity (Wildman–Crippen MR) is 72.1 cm³/mol. The highest BCUT2D eigenvalue weighted by molar-refractivity contribution is 5.92. The number of imidazole rings is 1. The van der Waals surface area contributed by atoms with E-state index >= 15 is 0 Å². The van der Waals surface area contributed by atoms with Crippen molar-refractivity contribution in [1.29, 1.82) is 0 Å². The van der Waals surface area contributed by atoms with E-state index in [-0.39, 0.29) is 17.4 Å². The molecule has 0 saturated carbocycles. The minimum atomic E-state index is -0.367. The van der Waals surface area contributed by atoms with Crippen molar-refractivity contribution in [1.82, 2.24) is 25.0 Å². The van der Waals surface area contributed by atoms with Crippen LogP contribution in [0.5, 0.6) is 0 Å². The summed E-state index contributed by atoms with van der Waals surface area (Å²) in [6.07, 6.45) is 3.22. The summed E-state index contributed by atoms with van der Waals surface area (Å²) in [6.45, 7) is 7.79. The smallest absolute Gasteiger partial charge is 0.272 e. The Morgan fingerprint density at radius 2 is 2.15 bits per heavy atom. The van der Waals surface area contributed by atoms with Crippen LogP contribution >= 0.6 is 0 Å². The number of carbonyl (C=O) groups excluding carboxylic acids is 1. The van der Waals surface area contributed by atoms with E-state index in [0.29, 0.717) is 17.4 Å². The van der Waals surface area contributed by atoms with Crippen LogP contribution in [0.1, 0.15) is 55.9 Å². The minimum absolute atomic E-state index is 0.188. The lowest BCUT2D eigenvalue weighted by atomic mass is 9.96. The van der Waals surface area contributed by atoms with Crippen LogP contribution in [0.3, 0.4) is 0 Å². The fraction of sp³-hybridized carbons (Fsp3) is 0.538. The zero-order valence-electron chi connectivity index (χ0n) is 12.3. The van der Waals surface area contributed by atoms with Gasteiger partial charge in [0, 0.05) is 18.7 Å². The van der Waals surface area contributed by atoms with Gasteiger partial charge in [0.15, 0.2) is 5.82 Å². The van der Waals surface area contributed by atoms with Crippen LogP contribution in [0.15, 0.2) is 17.0 Å². The average Bonchev–Trinajstić information content (AvgIpc) is 2.95. The Kier molecular flexibility index (Phi) is 3.61. The van der Waals surface area contributed by atoms with Gasteiger partial charge in [-0.25, -0.2) is 4.98 Å². The number of nitrogens with zero attached hydrogens (tertiary/aromatic N) is 4. The Morgan fingerprint density at radius 3 is 2.65 bits per heavy atom. The first-order chi connectivity index (χ1) is 9.27. The van der Waals surface area contributed by atoms with Crippen molar-refractivity contribution in [3.63, 3.8) is 0 Å². The molecule has 20 heavy (non-hydrogen) atoms. The fourth-order valence-corrected chi connectivity index (χ4v) is 1.58.